The van der Waals surface area contributed by atoms with Gasteiger partial charge in [0, 0.05) is 18.7 Å². The average molecular weight is 482 g/mol. The van der Waals surface area contributed by atoms with E-state index in [1.807, 2.05) is 23.1 Å². The summed E-state index contributed by atoms with van der Waals surface area (Å²) in [6, 6.07) is 17.8. The Morgan fingerprint density at radius 3 is 2.37 bits per heavy atom. The molecule has 0 aromatic heterocycles. The lowest BCUT2D eigenvalue weighted by Gasteiger charge is -2.27. The van der Waals surface area contributed by atoms with E-state index < -0.39 is 11.7 Å². The molecule has 0 radical (unpaired) electrons. The summed E-state index contributed by atoms with van der Waals surface area (Å²) in [5, 5.41) is 0. The summed E-state index contributed by atoms with van der Waals surface area (Å²) in [6.45, 7) is 1.23. The third-order valence-corrected chi connectivity index (χ3v) is 6.73. The summed E-state index contributed by atoms with van der Waals surface area (Å²) >= 11 is 0. The minimum atomic E-state index is -4.41. The molecule has 1 aliphatic carbocycles. The van der Waals surface area contributed by atoms with E-state index in [0.29, 0.717) is 47.2 Å². The molecule has 1 saturated carbocycles. The third kappa shape index (κ3) is 5.14. The largest absolute Gasteiger partial charge is 0.454 e. The fourth-order valence-electron chi connectivity index (χ4n) is 4.91. The van der Waals surface area contributed by atoms with Gasteiger partial charge in [0.1, 0.15) is 0 Å². The zero-order valence-corrected chi connectivity index (χ0v) is 19.2. The number of alkyl halides is 3. The van der Waals surface area contributed by atoms with Gasteiger partial charge in [0.05, 0.1) is 5.56 Å². The summed E-state index contributed by atoms with van der Waals surface area (Å²) < 4.78 is 50.0. The number of amides is 1. The van der Waals surface area contributed by atoms with E-state index in [0.717, 1.165) is 30.5 Å². The molecule has 1 aliphatic heterocycles. The number of halogens is 3. The number of hydrogen-bond acceptors (Lipinski definition) is 3. The Kier molecular flexibility index (Phi) is 6.41. The highest BCUT2D eigenvalue weighted by molar-refractivity contribution is 6.01. The zero-order chi connectivity index (χ0) is 24.4. The maximum Gasteiger partial charge on any atom is 0.416 e. The van der Waals surface area contributed by atoms with Crippen molar-refractivity contribution in [1.29, 1.82) is 0 Å². The number of fused-ring (bicyclic) bond motifs is 1. The molecule has 35 heavy (non-hydrogen) atoms. The van der Waals surface area contributed by atoms with Crippen LogP contribution in [0.1, 0.15) is 47.2 Å². The summed E-state index contributed by atoms with van der Waals surface area (Å²) in [4.78, 5) is 15.7. The van der Waals surface area contributed by atoms with Gasteiger partial charge < -0.3 is 14.4 Å². The van der Waals surface area contributed by atoms with Crippen molar-refractivity contribution in [2.75, 3.05) is 13.3 Å². The molecular formula is C28H26F3NO3. The number of carbonyl (C=O) groups excluding carboxylic acids is 1. The average Bonchev–Trinajstić information content (AvgIpc) is 3.54. The van der Waals surface area contributed by atoms with E-state index in [-0.39, 0.29) is 12.7 Å². The minimum absolute atomic E-state index is 0.134. The molecule has 0 bridgehead atoms. The predicted molar refractivity (Wildman–Crippen MR) is 126 cm³/mol. The van der Waals surface area contributed by atoms with Gasteiger partial charge >= 0.3 is 6.18 Å². The van der Waals surface area contributed by atoms with Crippen molar-refractivity contribution in [2.45, 2.75) is 38.4 Å². The fourth-order valence-corrected chi connectivity index (χ4v) is 4.91. The van der Waals surface area contributed by atoms with Crippen molar-refractivity contribution in [3.05, 3.63) is 83.4 Å². The predicted octanol–water partition coefficient (Wildman–Crippen LogP) is 6.93. The highest BCUT2D eigenvalue weighted by Gasteiger charge is 2.30. The molecule has 0 spiro atoms. The van der Waals surface area contributed by atoms with E-state index in [9.17, 15) is 18.0 Å². The molecule has 2 aliphatic rings. The van der Waals surface area contributed by atoms with Gasteiger partial charge in [-0.1, -0.05) is 49.2 Å². The molecule has 4 nitrogen and oxygen atoms in total. The third-order valence-electron chi connectivity index (χ3n) is 6.73. The first-order valence-electron chi connectivity index (χ1n) is 11.8. The lowest BCUT2D eigenvalue weighted by molar-refractivity contribution is -0.137. The van der Waals surface area contributed by atoms with Crippen LogP contribution in [0.2, 0.25) is 0 Å². The number of rotatable bonds is 6. The first-order chi connectivity index (χ1) is 16.9. The van der Waals surface area contributed by atoms with Crippen molar-refractivity contribution in [3.8, 4) is 22.6 Å². The number of nitrogens with zero attached hydrogens (tertiary/aromatic N) is 1. The van der Waals surface area contributed by atoms with Gasteiger partial charge in [-0.25, -0.2) is 0 Å². The summed E-state index contributed by atoms with van der Waals surface area (Å²) in [5.41, 5.74) is 1.90. The second-order valence-corrected chi connectivity index (χ2v) is 9.14. The van der Waals surface area contributed by atoms with Crippen molar-refractivity contribution in [3.63, 3.8) is 0 Å². The molecule has 0 saturated heterocycles. The van der Waals surface area contributed by atoms with Gasteiger partial charge in [-0.15, -0.1) is 0 Å². The van der Waals surface area contributed by atoms with Crippen LogP contribution < -0.4 is 9.47 Å². The van der Waals surface area contributed by atoms with Crippen LogP contribution in [0.3, 0.4) is 0 Å². The van der Waals surface area contributed by atoms with Crippen molar-refractivity contribution in [2.24, 2.45) is 5.92 Å². The van der Waals surface area contributed by atoms with Crippen LogP contribution in [0.5, 0.6) is 11.5 Å². The van der Waals surface area contributed by atoms with E-state index >= 15 is 0 Å². The van der Waals surface area contributed by atoms with Crippen molar-refractivity contribution in [1.82, 2.24) is 4.90 Å². The molecule has 1 fully saturated rings. The maximum atomic E-state index is 13.9. The van der Waals surface area contributed by atoms with Gasteiger partial charge in [0.25, 0.3) is 5.91 Å². The van der Waals surface area contributed by atoms with Gasteiger partial charge in [-0.2, -0.15) is 13.2 Å². The highest BCUT2D eigenvalue weighted by Crippen LogP contribution is 2.35. The second kappa shape index (κ2) is 9.64. The number of benzene rings is 3. The molecule has 1 amide bonds. The molecule has 5 rings (SSSR count). The Balaban J connectivity index is 1.45. The fraction of sp³-hybridized carbons (Fsp3) is 0.321. The van der Waals surface area contributed by atoms with Crippen molar-refractivity contribution < 1.29 is 27.4 Å². The van der Waals surface area contributed by atoms with Crippen LogP contribution in [-0.2, 0) is 12.7 Å². The molecule has 0 N–H and O–H groups in total. The number of hydrogen-bond donors (Lipinski definition) is 0. The Morgan fingerprint density at radius 2 is 1.63 bits per heavy atom. The first kappa shape index (κ1) is 23.3. The SMILES string of the molecule is O=C(c1ccccc1-c1ccc(C(F)(F)F)cc1)N(Cc1ccc2c(c1)OCO2)CC1CCCC1. The van der Waals surface area contributed by atoms with E-state index in [1.54, 1.807) is 24.3 Å². The summed E-state index contributed by atoms with van der Waals surface area (Å²) in [7, 11) is 0. The van der Waals surface area contributed by atoms with E-state index in [2.05, 4.69) is 0 Å². The number of ether oxygens (including phenoxy) is 2. The highest BCUT2D eigenvalue weighted by atomic mass is 19.4. The molecule has 1 heterocycles. The van der Waals surface area contributed by atoms with Crippen LogP contribution in [0, 0.1) is 5.92 Å². The van der Waals surface area contributed by atoms with Crippen LogP contribution in [-0.4, -0.2) is 24.1 Å². The Hall–Kier alpha value is -3.48. The van der Waals surface area contributed by atoms with Crippen LogP contribution >= 0.6 is 0 Å². The molecule has 0 atom stereocenters. The quantitative estimate of drug-likeness (QED) is 0.383. The van der Waals surface area contributed by atoms with Crippen LogP contribution in [0.15, 0.2) is 66.7 Å². The molecule has 0 unspecified atom stereocenters. The Labute approximate surface area is 202 Å². The normalized spacial score (nSPS) is 15.4. The Morgan fingerprint density at radius 1 is 0.914 bits per heavy atom. The molecular weight excluding hydrogens is 455 g/mol. The molecule has 182 valence electrons. The lowest BCUT2D eigenvalue weighted by Crippen LogP contribution is -2.34. The first-order valence-corrected chi connectivity index (χ1v) is 11.8. The van der Waals surface area contributed by atoms with Gasteiger partial charge in [0.15, 0.2) is 11.5 Å². The van der Waals surface area contributed by atoms with Gasteiger partial charge in [-0.05, 0) is 65.8 Å². The summed E-state index contributed by atoms with van der Waals surface area (Å²) in [6.07, 6.45) is 0.102. The Bertz CT molecular complexity index is 1200. The second-order valence-electron chi connectivity index (χ2n) is 9.14. The van der Waals surface area contributed by atoms with Crippen LogP contribution in [0.25, 0.3) is 11.1 Å². The van der Waals surface area contributed by atoms with E-state index in [4.69, 9.17) is 9.47 Å². The van der Waals surface area contributed by atoms with E-state index in [1.165, 1.54) is 25.0 Å². The van der Waals surface area contributed by atoms with Gasteiger partial charge in [-0.3, -0.25) is 4.79 Å². The zero-order valence-electron chi connectivity index (χ0n) is 19.2. The smallest absolute Gasteiger partial charge is 0.416 e. The number of carbonyl (C=O) groups is 1. The standard InChI is InChI=1S/C28H26F3NO3/c29-28(30,31)22-12-10-21(11-13-22)23-7-3-4-8-24(23)27(33)32(16-19-5-1-2-6-19)17-20-9-14-25-26(15-20)35-18-34-25/h3-4,7-15,19H,1-2,5-6,16-18H2. The van der Waals surface area contributed by atoms with Gasteiger partial charge in [0.2, 0.25) is 6.79 Å². The monoisotopic (exact) mass is 481 g/mol. The summed E-state index contributed by atoms with van der Waals surface area (Å²) in [5.74, 6) is 1.66. The molecule has 7 heteroatoms. The molecule has 3 aromatic rings. The topological polar surface area (TPSA) is 38.8 Å². The maximum absolute atomic E-state index is 13.9. The molecule has 3 aromatic carbocycles. The lowest BCUT2D eigenvalue weighted by atomic mass is 9.97. The minimum Gasteiger partial charge on any atom is -0.454 e. The van der Waals surface area contributed by atoms with Crippen LogP contribution in [0.4, 0.5) is 13.2 Å². The van der Waals surface area contributed by atoms with Crippen molar-refractivity contribution >= 4 is 5.91 Å².